The van der Waals surface area contributed by atoms with Crippen molar-refractivity contribution in [3.63, 3.8) is 0 Å². The largest absolute Gasteiger partial charge is 0.494 e. The van der Waals surface area contributed by atoms with Gasteiger partial charge in [-0.1, -0.05) is 6.92 Å². The zero-order chi connectivity index (χ0) is 18.1. The Balaban J connectivity index is 1.81. The minimum atomic E-state index is -0.414. The molecule has 0 atom stereocenters. The highest BCUT2D eigenvalue weighted by Gasteiger charge is 2.17. The van der Waals surface area contributed by atoms with Gasteiger partial charge in [0.1, 0.15) is 11.4 Å². The summed E-state index contributed by atoms with van der Waals surface area (Å²) in [5.74, 6) is 0.570. The second kappa shape index (κ2) is 6.44. The average Bonchev–Trinajstić information content (AvgIpc) is 3.23. The van der Waals surface area contributed by atoms with E-state index in [1.165, 1.54) is 4.57 Å². The van der Waals surface area contributed by atoms with E-state index in [4.69, 9.17) is 4.74 Å². The lowest BCUT2D eigenvalue weighted by atomic mass is 10.1. The van der Waals surface area contributed by atoms with E-state index in [0.717, 1.165) is 23.2 Å². The number of hydrogen-bond donors (Lipinski definition) is 3. The smallest absolute Gasteiger partial charge is 0.333 e. The maximum Gasteiger partial charge on any atom is 0.333 e. The van der Waals surface area contributed by atoms with Gasteiger partial charge in [-0.2, -0.15) is 0 Å². The highest BCUT2D eigenvalue weighted by molar-refractivity contribution is 5.78. The van der Waals surface area contributed by atoms with Crippen molar-refractivity contribution in [3.8, 4) is 28.6 Å². The van der Waals surface area contributed by atoms with Crippen LogP contribution < -0.4 is 10.4 Å². The summed E-state index contributed by atoms with van der Waals surface area (Å²) in [7, 11) is 0. The summed E-state index contributed by atoms with van der Waals surface area (Å²) < 4.78 is 7.03. The fourth-order valence-corrected chi connectivity index (χ4v) is 2.93. The van der Waals surface area contributed by atoms with Crippen LogP contribution in [0.4, 0.5) is 0 Å². The predicted octanol–water partition coefficient (Wildman–Crippen LogP) is 3.20. The molecule has 0 unspecified atom stereocenters. The maximum atomic E-state index is 12.4. The number of aromatic hydroxyl groups is 1. The summed E-state index contributed by atoms with van der Waals surface area (Å²) in [6.45, 7) is 2.69. The zero-order valence-electron chi connectivity index (χ0n) is 14.2. The number of ether oxygens (including phenoxy) is 1. The topological polar surface area (TPSA) is 95.9 Å². The molecule has 0 aliphatic heterocycles. The van der Waals surface area contributed by atoms with Crippen LogP contribution in [0.5, 0.6) is 11.6 Å². The fraction of sp³-hybridized carbons (Fsp3) is 0.158. The number of H-pyrrole nitrogens is 2. The minimum absolute atomic E-state index is 0.179. The third-order valence-electron chi connectivity index (χ3n) is 4.14. The van der Waals surface area contributed by atoms with Gasteiger partial charge >= 0.3 is 5.69 Å². The Morgan fingerprint density at radius 3 is 2.77 bits per heavy atom. The van der Waals surface area contributed by atoms with E-state index in [9.17, 15) is 9.90 Å². The Labute approximate surface area is 148 Å². The summed E-state index contributed by atoms with van der Waals surface area (Å²) in [5.41, 5.74) is 2.93. The van der Waals surface area contributed by atoms with Crippen LogP contribution in [0.3, 0.4) is 0 Å². The standard InChI is InChI=1S/C19H18N4O3/c1-2-9-26-14-6-3-12(4-7-14)17-18(24)22-19(25)23(17)13-5-8-15-16(10-13)21-11-20-15/h3-8,10-11,24H,2,9H2,1H3,(H,20,21)(H,22,25). The number of rotatable bonds is 5. The van der Waals surface area contributed by atoms with Gasteiger partial charge in [0.05, 0.1) is 29.7 Å². The second-order valence-corrected chi connectivity index (χ2v) is 5.94. The third kappa shape index (κ3) is 2.73. The molecule has 4 aromatic rings. The zero-order valence-corrected chi connectivity index (χ0v) is 14.2. The summed E-state index contributed by atoms with van der Waals surface area (Å²) >= 11 is 0. The van der Waals surface area contributed by atoms with Gasteiger partial charge in [0, 0.05) is 5.56 Å². The van der Waals surface area contributed by atoms with E-state index >= 15 is 0 Å². The van der Waals surface area contributed by atoms with Crippen molar-refractivity contribution in [2.45, 2.75) is 13.3 Å². The summed E-state index contributed by atoms with van der Waals surface area (Å²) in [4.78, 5) is 22.1. The van der Waals surface area contributed by atoms with Crippen molar-refractivity contribution >= 4 is 11.0 Å². The third-order valence-corrected chi connectivity index (χ3v) is 4.14. The van der Waals surface area contributed by atoms with Crippen LogP contribution in [-0.2, 0) is 0 Å². The van der Waals surface area contributed by atoms with Crippen molar-refractivity contribution in [1.82, 2.24) is 19.5 Å². The van der Waals surface area contributed by atoms with E-state index in [-0.39, 0.29) is 5.88 Å². The van der Waals surface area contributed by atoms with Crippen molar-refractivity contribution in [2.24, 2.45) is 0 Å². The number of nitrogens with one attached hydrogen (secondary N) is 2. The highest BCUT2D eigenvalue weighted by Crippen LogP contribution is 2.30. The molecule has 0 saturated carbocycles. The highest BCUT2D eigenvalue weighted by atomic mass is 16.5. The Morgan fingerprint density at radius 2 is 2.00 bits per heavy atom. The molecule has 0 saturated heterocycles. The molecule has 4 rings (SSSR count). The van der Waals surface area contributed by atoms with Gasteiger partial charge in [-0.3, -0.25) is 9.55 Å². The Morgan fingerprint density at radius 1 is 1.19 bits per heavy atom. The number of aromatic nitrogens is 4. The summed E-state index contributed by atoms with van der Waals surface area (Å²) in [6.07, 6.45) is 2.53. The number of nitrogens with zero attached hydrogens (tertiary/aromatic N) is 2. The molecule has 0 amide bonds. The maximum absolute atomic E-state index is 12.4. The van der Waals surface area contributed by atoms with Gasteiger partial charge in [-0.15, -0.1) is 0 Å². The van der Waals surface area contributed by atoms with Crippen LogP contribution in [0, 0.1) is 0 Å². The first-order valence-electron chi connectivity index (χ1n) is 8.38. The van der Waals surface area contributed by atoms with Gasteiger partial charge in [0.2, 0.25) is 5.88 Å². The number of aromatic amines is 2. The van der Waals surface area contributed by atoms with Crippen LogP contribution in [0.2, 0.25) is 0 Å². The first-order valence-corrected chi connectivity index (χ1v) is 8.38. The molecular formula is C19H18N4O3. The molecule has 0 bridgehead atoms. The van der Waals surface area contributed by atoms with Gasteiger partial charge in [-0.05, 0) is 48.9 Å². The van der Waals surface area contributed by atoms with Crippen LogP contribution in [0.25, 0.3) is 28.0 Å². The van der Waals surface area contributed by atoms with Crippen LogP contribution in [0.1, 0.15) is 13.3 Å². The lowest BCUT2D eigenvalue weighted by molar-refractivity contribution is 0.317. The molecule has 7 nitrogen and oxygen atoms in total. The first-order chi connectivity index (χ1) is 12.7. The number of fused-ring (bicyclic) bond motifs is 1. The van der Waals surface area contributed by atoms with Gasteiger partial charge in [0.15, 0.2) is 0 Å². The molecule has 2 heterocycles. The van der Waals surface area contributed by atoms with Crippen molar-refractivity contribution in [3.05, 3.63) is 59.3 Å². The number of hydrogen-bond acceptors (Lipinski definition) is 4. The molecule has 7 heteroatoms. The van der Waals surface area contributed by atoms with E-state index in [2.05, 4.69) is 15.0 Å². The molecular weight excluding hydrogens is 332 g/mol. The molecule has 0 aliphatic carbocycles. The quantitative estimate of drug-likeness (QED) is 0.515. The molecule has 3 N–H and O–H groups in total. The molecule has 26 heavy (non-hydrogen) atoms. The van der Waals surface area contributed by atoms with Gasteiger partial charge in [-0.25, -0.2) is 9.78 Å². The molecule has 2 aromatic heterocycles. The molecule has 2 aromatic carbocycles. The SMILES string of the molecule is CCCOc1ccc(-c2c(O)[nH]c(=O)n2-c2ccc3nc[nH]c3c2)cc1. The molecule has 0 fully saturated rings. The van der Waals surface area contributed by atoms with Crippen LogP contribution in [0.15, 0.2) is 53.6 Å². The second-order valence-electron chi connectivity index (χ2n) is 5.94. The molecule has 0 spiro atoms. The molecule has 132 valence electrons. The Hall–Kier alpha value is -3.48. The van der Waals surface area contributed by atoms with Crippen LogP contribution in [-0.4, -0.2) is 31.2 Å². The van der Waals surface area contributed by atoms with E-state index < -0.39 is 5.69 Å². The fourth-order valence-electron chi connectivity index (χ4n) is 2.93. The van der Waals surface area contributed by atoms with Crippen molar-refractivity contribution < 1.29 is 9.84 Å². The average molecular weight is 350 g/mol. The van der Waals surface area contributed by atoms with Gasteiger partial charge < -0.3 is 14.8 Å². The van der Waals surface area contributed by atoms with E-state index in [1.807, 2.05) is 43.3 Å². The normalized spacial score (nSPS) is 11.1. The monoisotopic (exact) mass is 350 g/mol. The molecule has 0 aliphatic rings. The summed E-state index contributed by atoms with van der Waals surface area (Å²) in [6, 6.07) is 12.7. The predicted molar refractivity (Wildman–Crippen MR) is 98.9 cm³/mol. The lowest BCUT2D eigenvalue weighted by Gasteiger charge is -2.09. The van der Waals surface area contributed by atoms with E-state index in [1.54, 1.807) is 12.4 Å². The van der Waals surface area contributed by atoms with Crippen LogP contribution >= 0.6 is 0 Å². The number of benzene rings is 2. The van der Waals surface area contributed by atoms with Crippen molar-refractivity contribution in [2.75, 3.05) is 6.61 Å². The Bertz CT molecular complexity index is 1110. The first kappa shape index (κ1) is 16.0. The Kier molecular flexibility index (Phi) is 3.96. The minimum Gasteiger partial charge on any atom is -0.494 e. The van der Waals surface area contributed by atoms with Gasteiger partial charge in [0.25, 0.3) is 0 Å². The molecule has 0 radical (unpaired) electrons. The van der Waals surface area contributed by atoms with Crippen molar-refractivity contribution in [1.29, 1.82) is 0 Å². The van der Waals surface area contributed by atoms with E-state index in [0.29, 0.717) is 23.6 Å². The lowest BCUT2D eigenvalue weighted by Crippen LogP contribution is -2.15. The number of imidazole rings is 2. The summed E-state index contributed by atoms with van der Waals surface area (Å²) in [5, 5.41) is 10.3.